The van der Waals surface area contributed by atoms with Crippen molar-refractivity contribution in [2.75, 3.05) is 30.9 Å². The molecule has 0 spiro atoms. The highest BCUT2D eigenvalue weighted by atomic mass is 32.2. The maximum Gasteiger partial charge on any atom is 0.273 e. The van der Waals surface area contributed by atoms with E-state index >= 15 is 0 Å². The topological polar surface area (TPSA) is 106 Å². The van der Waals surface area contributed by atoms with Crippen molar-refractivity contribution in [2.24, 2.45) is 5.73 Å². The molecule has 0 fully saturated rings. The number of alkyl halides is 2. The summed E-state index contributed by atoms with van der Waals surface area (Å²) >= 11 is 0. The Morgan fingerprint density at radius 2 is 1.69 bits per heavy atom. The van der Waals surface area contributed by atoms with E-state index in [0.29, 0.717) is 0 Å². The molecule has 0 bridgehead atoms. The third-order valence-corrected chi connectivity index (χ3v) is 4.10. The van der Waals surface area contributed by atoms with Crippen LogP contribution in [0.3, 0.4) is 0 Å². The molecule has 0 atom stereocenters. The molecule has 0 saturated carbocycles. The van der Waals surface area contributed by atoms with E-state index in [-0.39, 0.29) is 0 Å². The Bertz CT molecular complexity index is 418. The summed E-state index contributed by atoms with van der Waals surface area (Å²) in [6.45, 7) is -2.11. The molecule has 0 aliphatic carbocycles. The van der Waals surface area contributed by atoms with Crippen LogP contribution in [-0.4, -0.2) is 53.6 Å². The van der Waals surface area contributed by atoms with Gasteiger partial charge in [-0.25, -0.2) is 30.3 Å². The maximum absolute atomic E-state index is 12.6. The lowest BCUT2D eigenvalue weighted by molar-refractivity contribution is 0.0170. The Balaban J connectivity index is 4.28. The molecule has 0 aliphatic heterocycles. The zero-order chi connectivity index (χ0) is 13.0. The predicted molar refractivity (Wildman–Crippen MR) is 55.5 cm³/mol. The van der Waals surface area contributed by atoms with E-state index in [4.69, 9.17) is 5.73 Å². The number of hydrogen-bond donors (Lipinski definition) is 2. The fraction of sp³-hybridized carbons (Fsp3) is 1.00. The number of nitrogens with one attached hydrogen (secondary N) is 1. The molecule has 0 rings (SSSR count). The zero-order valence-corrected chi connectivity index (χ0v) is 10.2. The molecule has 0 aromatic heterocycles. The summed E-state index contributed by atoms with van der Waals surface area (Å²) in [7, 11) is -7.47. The SMILES string of the molecule is CS(=O)(=O)CCS(=O)(=O)NCC(F)(F)CN. The summed E-state index contributed by atoms with van der Waals surface area (Å²) in [5.74, 6) is -4.69. The van der Waals surface area contributed by atoms with Crippen LogP contribution < -0.4 is 10.5 Å². The van der Waals surface area contributed by atoms with Gasteiger partial charge in [0.05, 0.1) is 24.6 Å². The quantitative estimate of drug-likeness (QED) is 0.593. The lowest BCUT2D eigenvalue weighted by Gasteiger charge is -2.14. The molecular weight excluding hydrogens is 266 g/mol. The van der Waals surface area contributed by atoms with Crippen molar-refractivity contribution in [3.63, 3.8) is 0 Å². The van der Waals surface area contributed by atoms with Crippen LogP contribution in [0, 0.1) is 0 Å². The second kappa shape index (κ2) is 5.34. The molecule has 0 aliphatic rings. The summed E-state index contributed by atoms with van der Waals surface area (Å²) in [6.07, 6.45) is 0.858. The largest absolute Gasteiger partial charge is 0.325 e. The van der Waals surface area contributed by atoms with E-state index in [1.807, 2.05) is 0 Å². The normalized spacial score (nSPS) is 14.0. The first-order valence-corrected chi connectivity index (χ1v) is 7.92. The van der Waals surface area contributed by atoms with Crippen LogP contribution >= 0.6 is 0 Å². The van der Waals surface area contributed by atoms with Crippen molar-refractivity contribution in [3.05, 3.63) is 0 Å². The second-order valence-corrected chi connectivity index (χ2v) is 7.52. The fourth-order valence-electron chi connectivity index (χ4n) is 0.621. The molecule has 0 radical (unpaired) electrons. The van der Waals surface area contributed by atoms with Gasteiger partial charge in [0.15, 0.2) is 0 Å². The standard InChI is InChI=1S/C6H14F2N2O4S2/c1-15(11,12)2-3-16(13,14)10-5-6(7,8)4-9/h10H,2-5,9H2,1H3. The van der Waals surface area contributed by atoms with Gasteiger partial charge in [-0.05, 0) is 0 Å². The van der Waals surface area contributed by atoms with E-state index in [9.17, 15) is 25.6 Å². The first kappa shape index (κ1) is 15.7. The van der Waals surface area contributed by atoms with Gasteiger partial charge >= 0.3 is 0 Å². The van der Waals surface area contributed by atoms with Gasteiger partial charge in [0.25, 0.3) is 5.92 Å². The van der Waals surface area contributed by atoms with Gasteiger partial charge in [0, 0.05) is 6.26 Å². The van der Waals surface area contributed by atoms with Crippen LogP contribution in [0.1, 0.15) is 0 Å². The molecular formula is C6H14F2N2O4S2. The third-order valence-electron chi connectivity index (χ3n) is 1.57. The highest BCUT2D eigenvalue weighted by molar-refractivity contribution is 7.93. The number of sulfone groups is 1. The van der Waals surface area contributed by atoms with E-state index in [1.54, 1.807) is 4.72 Å². The van der Waals surface area contributed by atoms with Gasteiger partial charge in [-0.1, -0.05) is 0 Å². The van der Waals surface area contributed by atoms with E-state index < -0.39 is 50.4 Å². The summed E-state index contributed by atoms with van der Waals surface area (Å²) in [5, 5.41) is 0. The summed E-state index contributed by atoms with van der Waals surface area (Å²) < 4.78 is 70.3. The second-order valence-electron chi connectivity index (χ2n) is 3.33. The van der Waals surface area contributed by atoms with Gasteiger partial charge < -0.3 is 5.73 Å². The first-order valence-electron chi connectivity index (χ1n) is 4.20. The molecule has 0 unspecified atom stereocenters. The highest BCUT2D eigenvalue weighted by Crippen LogP contribution is 2.09. The molecule has 6 nitrogen and oxygen atoms in total. The van der Waals surface area contributed by atoms with Crippen molar-refractivity contribution in [2.45, 2.75) is 5.92 Å². The molecule has 3 N–H and O–H groups in total. The third kappa shape index (κ3) is 7.91. The van der Waals surface area contributed by atoms with Crippen LogP contribution in [-0.2, 0) is 19.9 Å². The van der Waals surface area contributed by atoms with Crippen molar-refractivity contribution in [1.82, 2.24) is 4.72 Å². The monoisotopic (exact) mass is 280 g/mol. The van der Waals surface area contributed by atoms with E-state index in [1.165, 1.54) is 0 Å². The van der Waals surface area contributed by atoms with Crippen LogP contribution in [0.25, 0.3) is 0 Å². The zero-order valence-electron chi connectivity index (χ0n) is 8.61. The molecule has 0 aromatic rings. The average molecular weight is 280 g/mol. The van der Waals surface area contributed by atoms with Crippen LogP contribution in [0.5, 0.6) is 0 Å². The van der Waals surface area contributed by atoms with Gasteiger partial charge in [-0.3, -0.25) is 0 Å². The van der Waals surface area contributed by atoms with Gasteiger partial charge in [-0.2, -0.15) is 0 Å². The minimum absolute atomic E-state index is 0.615. The van der Waals surface area contributed by atoms with Crippen molar-refractivity contribution in [3.8, 4) is 0 Å². The summed E-state index contributed by atoms with van der Waals surface area (Å²) in [6, 6.07) is 0. The Kier molecular flexibility index (Phi) is 5.23. The van der Waals surface area contributed by atoms with Gasteiger partial charge in [0.2, 0.25) is 10.0 Å². The van der Waals surface area contributed by atoms with E-state index in [0.717, 1.165) is 6.26 Å². The van der Waals surface area contributed by atoms with Crippen molar-refractivity contribution >= 4 is 19.9 Å². The molecule has 0 heterocycles. The van der Waals surface area contributed by atoms with Crippen LogP contribution in [0.2, 0.25) is 0 Å². The highest BCUT2D eigenvalue weighted by Gasteiger charge is 2.28. The minimum Gasteiger partial charge on any atom is -0.325 e. The molecule has 10 heteroatoms. The lowest BCUT2D eigenvalue weighted by Crippen LogP contribution is -2.42. The Morgan fingerprint density at radius 3 is 2.06 bits per heavy atom. The average Bonchev–Trinajstić information content (AvgIpc) is 2.12. The lowest BCUT2D eigenvalue weighted by atomic mass is 10.3. The number of hydrogen-bond acceptors (Lipinski definition) is 5. The number of nitrogens with two attached hydrogens (primary N) is 1. The smallest absolute Gasteiger partial charge is 0.273 e. The number of rotatable bonds is 7. The molecule has 0 amide bonds. The van der Waals surface area contributed by atoms with E-state index in [2.05, 4.69) is 0 Å². The first-order chi connectivity index (χ1) is 6.97. The van der Waals surface area contributed by atoms with Crippen molar-refractivity contribution < 1.29 is 25.6 Å². The maximum atomic E-state index is 12.6. The molecule has 16 heavy (non-hydrogen) atoms. The minimum atomic E-state index is -4.02. The number of halogens is 2. The van der Waals surface area contributed by atoms with Crippen molar-refractivity contribution in [1.29, 1.82) is 0 Å². The molecule has 98 valence electrons. The molecule has 0 aromatic carbocycles. The Hall–Kier alpha value is -0.320. The van der Waals surface area contributed by atoms with Crippen LogP contribution in [0.4, 0.5) is 8.78 Å². The number of sulfonamides is 1. The Morgan fingerprint density at radius 1 is 1.19 bits per heavy atom. The van der Waals surface area contributed by atoms with Crippen LogP contribution in [0.15, 0.2) is 0 Å². The fourth-order valence-corrected chi connectivity index (χ4v) is 3.29. The van der Waals surface area contributed by atoms with Gasteiger partial charge in [0.1, 0.15) is 9.84 Å². The Labute approximate surface area is 93.2 Å². The van der Waals surface area contributed by atoms with Gasteiger partial charge in [-0.15, -0.1) is 0 Å². The summed E-state index contributed by atoms with van der Waals surface area (Å²) in [5.41, 5.74) is 4.70. The predicted octanol–water partition coefficient (Wildman–Crippen LogP) is -1.46. The molecule has 0 saturated heterocycles. The summed E-state index contributed by atoms with van der Waals surface area (Å²) in [4.78, 5) is 0.